The number of rotatable bonds is 4. The highest BCUT2D eigenvalue weighted by atomic mass is 32.2. The molecule has 0 spiro atoms. The largest absolute Gasteiger partial charge is 0.306 e. The standard InChI is InChI=1S/C24H20N4O2S/c1-16-10-11-19(21-15-28-13-5-6-17(2)24(28)26-21)14-20(16)27-31(29,30)22-9-3-7-18-8-4-12-25-23(18)22/h3-15,27H,1-2H3. The van der Waals surface area contributed by atoms with E-state index in [1.165, 1.54) is 0 Å². The third kappa shape index (κ3) is 3.43. The minimum atomic E-state index is -3.83. The first-order valence-corrected chi connectivity index (χ1v) is 11.3. The number of sulfonamides is 1. The summed E-state index contributed by atoms with van der Waals surface area (Å²) in [5.41, 5.74) is 5.35. The molecule has 7 heteroatoms. The van der Waals surface area contributed by atoms with Gasteiger partial charge in [-0.2, -0.15) is 0 Å². The minimum absolute atomic E-state index is 0.152. The lowest BCUT2D eigenvalue weighted by molar-refractivity contribution is 0.602. The van der Waals surface area contributed by atoms with E-state index in [-0.39, 0.29) is 4.90 Å². The van der Waals surface area contributed by atoms with Gasteiger partial charge in [-0.15, -0.1) is 0 Å². The number of nitrogens with zero attached hydrogens (tertiary/aromatic N) is 3. The van der Waals surface area contributed by atoms with Crippen molar-refractivity contribution in [3.05, 3.63) is 90.4 Å². The number of para-hydroxylation sites is 1. The van der Waals surface area contributed by atoms with Crippen molar-refractivity contribution in [2.45, 2.75) is 18.7 Å². The monoisotopic (exact) mass is 428 g/mol. The van der Waals surface area contributed by atoms with E-state index in [2.05, 4.69) is 9.71 Å². The fraction of sp³-hybridized carbons (Fsp3) is 0.0833. The molecule has 0 saturated carbocycles. The van der Waals surface area contributed by atoms with Crippen LogP contribution in [0.15, 0.2) is 84.1 Å². The Morgan fingerprint density at radius 2 is 1.77 bits per heavy atom. The highest BCUT2D eigenvalue weighted by Gasteiger charge is 2.20. The summed E-state index contributed by atoms with van der Waals surface area (Å²) in [5.74, 6) is 0. The van der Waals surface area contributed by atoms with Gasteiger partial charge >= 0.3 is 0 Å². The van der Waals surface area contributed by atoms with Crippen LogP contribution < -0.4 is 4.72 Å². The van der Waals surface area contributed by atoms with E-state index in [9.17, 15) is 8.42 Å². The molecule has 1 N–H and O–H groups in total. The van der Waals surface area contributed by atoms with Crippen LogP contribution in [0.25, 0.3) is 27.8 Å². The summed E-state index contributed by atoms with van der Waals surface area (Å²) in [4.78, 5) is 9.15. The summed E-state index contributed by atoms with van der Waals surface area (Å²) in [6.07, 6.45) is 5.49. The average molecular weight is 429 g/mol. The Morgan fingerprint density at radius 3 is 2.61 bits per heavy atom. The number of aryl methyl sites for hydroxylation is 2. The van der Waals surface area contributed by atoms with Crippen LogP contribution in [-0.4, -0.2) is 22.8 Å². The second kappa shape index (κ2) is 7.21. The van der Waals surface area contributed by atoms with Gasteiger partial charge in [0.15, 0.2) is 0 Å². The van der Waals surface area contributed by atoms with Crippen molar-refractivity contribution in [2.75, 3.05) is 4.72 Å². The third-order valence-electron chi connectivity index (χ3n) is 5.34. The molecule has 0 aliphatic heterocycles. The summed E-state index contributed by atoms with van der Waals surface area (Å²) in [7, 11) is -3.83. The molecule has 6 nitrogen and oxygen atoms in total. The molecule has 0 bridgehead atoms. The molecule has 0 unspecified atom stereocenters. The van der Waals surface area contributed by atoms with Gasteiger partial charge in [-0.3, -0.25) is 9.71 Å². The Labute approximate surface area is 180 Å². The van der Waals surface area contributed by atoms with Crippen molar-refractivity contribution in [3.8, 4) is 11.3 Å². The van der Waals surface area contributed by atoms with E-state index in [1.807, 2.05) is 73.1 Å². The minimum Gasteiger partial charge on any atom is -0.306 e. The number of fused-ring (bicyclic) bond motifs is 2. The van der Waals surface area contributed by atoms with Crippen LogP contribution in [0.5, 0.6) is 0 Å². The van der Waals surface area contributed by atoms with Crippen LogP contribution in [0.2, 0.25) is 0 Å². The number of anilines is 1. The number of pyridine rings is 2. The lowest BCUT2D eigenvalue weighted by atomic mass is 10.1. The summed E-state index contributed by atoms with van der Waals surface area (Å²) >= 11 is 0. The number of benzene rings is 2. The fourth-order valence-electron chi connectivity index (χ4n) is 3.68. The van der Waals surface area contributed by atoms with E-state index < -0.39 is 10.0 Å². The topological polar surface area (TPSA) is 76.4 Å². The van der Waals surface area contributed by atoms with E-state index in [1.54, 1.807) is 24.4 Å². The Kier molecular flexibility index (Phi) is 4.48. The molecule has 0 fully saturated rings. The molecule has 0 saturated heterocycles. The molecule has 0 radical (unpaired) electrons. The predicted molar refractivity (Wildman–Crippen MR) is 123 cm³/mol. The molecule has 0 aliphatic carbocycles. The number of hydrogen-bond donors (Lipinski definition) is 1. The summed E-state index contributed by atoms with van der Waals surface area (Å²) < 4.78 is 31.2. The maximum Gasteiger partial charge on any atom is 0.264 e. The molecule has 5 aromatic rings. The maximum absolute atomic E-state index is 13.2. The van der Waals surface area contributed by atoms with Gasteiger partial charge < -0.3 is 4.40 Å². The van der Waals surface area contributed by atoms with Crippen molar-refractivity contribution < 1.29 is 8.42 Å². The van der Waals surface area contributed by atoms with Crippen LogP contribution in [0.3, 0.4) is 0 Å². The Balaban J connectivity index is 1.57. The molecule has 0 amide bonds. The van der Waals surface area contributed by atoms with Crippen molar-refractivity contribution in [3.63, 3.8) is 0 Å². The van der Waals surface area contributed by atoms with Crippen LogP contribution in [0.4, 0.5) is 5.69 Å². The maximum atomic E-state index is 13.2. The molecular formula is C24H20N4O2S. The molecule has 2 aromatic carbocycles. The zero-order valence-corrected chi connectivity index (χ0v) is 17.9. The van der Waals surface area contributed by atoms with Gasteiger partial charge in [0.2, 0.25) is 0 Å². The van der Waals surface area contributed by atoms with Gasteiger partial charge in [0.1, 0.15) is 10.5 Å². The smallest absolute Gasteiger partial charge is 0.264 e. The Morgan fingerprint density at radius 1 is 0.935 bits per heavy atom. The first-order valence-electron chi connectivity index (χ1n) is 9.84. The van der Waals surface area contributed by atoms with E-state index in [0.717, 1.165) is 33.4 Å². The highest BCUT2D eigenvalue weighted by Crippen LogP contribution is 2.29. The van der Waals surface area contributed by atoms with Crippen molar-refractivity contribution >= 4 is 32.3 Å². The normalized spacial score (nSPS) is 11.8. The van der Waals surface area contributed by atoms with Gasteiger partial charge in [0, 0.05) is 29.5 Å². The molecule has 0 aliphatic rings. The van der Waals surface area contributed by atoms with Gasteiger partial charge in [0.25, 0.3) is 10.0 Å². The van der Waals surface area contributed by atoms with E-state index >= 15 is 0 Å². The van der Waals surface area contributed by atoms with Gasteiger partial charge in [-0.25, -0.2) is 13.4 Å². The first kappa shape index (κ1) is 19.3. The van der Waals surface area contributed by atoms with Gasteiger partial charge in [0.05, 0.1) is 16.9 Å². The third-order valence-corrected chi connectivity index (χ3v) is 6.74. The van der Waals surface area contributed by atoms with Crippen molar-refractivity contribution in [1.29, 1.82) is 0 Å². The molecule has 154 valence electrons. The number of hydrogen-bond acceptors (Lipinski definition) is 4. The van der Waals surface area contributed by atoms with Gasteiger partial charge in [-0.05, 0) is 49.2 Å². The summed E-state index contributed by atoms with van der Waals surface area (Å²) in [5, 5.41) is 0.774. The Hall–Kier alpha value is -3.71. The van der Waals surface area contributed by atoms with Gasteiger partial charge in [-0.1, -0.05) is 36.4 Å². The number of aromatic nitrogens is 3. The SMILES string of the molecule is Cc1ccc(-c2cn3cccc(C)c3n2)cc1NS(=O)(=O)c1cccc2cccnc12. The van der Waals surface area contributed by atoms with Crippen molar-refractivity contribution in [1.82, 2.24) is 14.4 Å². The van der Waals surface area contributed by atoms with Crippen LogP contribution in [-0.2, 0) is 10.0 Å². The Bertz CT molecular complexity index is 1550. The molecule has 5 rings (SSSR count). The lowest BCUT2D eigenvalue weighted by Crippen LogP contribution is -2.14. The zero-order valence-electron chi connectivity index (χ0n) is 17.1. The van der Waals surface area contributed by atoms with Crippen LogP contribution in [0, 0.1) is 13.8 Å². The highest BCUT2D eigenvalue weighted by molar-refractivity contribution is 7.93. The van der Waals surface area contributed by atoms with E-state index in [4.69, 9.17) is 4.98 Å². The van der Waals surface area contributed by atoms with Crippen LogP contribution in [0.1, 0.15) is 11.1 Å². The van der Waals surface area contributed by atoms with Crippen LogP contribution >= 0.6 is 0 Å². The average Bonchev–Trinajstić information content (AvgIpc) is 3.20. The fourth-order valence-corrected chi connectivity index (χ4v) is 4.98. The summed E-state index contributed by atoms with van der Waals surface area (Å²) in [6, 6.07) is 18.4. The number of imidazole rings is 1. The first-order chi connectivity index (χ1) is 14.9. The molecule has 3 aromatic heterocycles. The molecular weight excluding hydrogens is 408 g/mol. The molecule has 3 heterocycles. The predicted octanol–water partition coefficient (Wildman–Crippen LogP) is 4.97. The lowest BCUT2D eigenvalue weighted by Gasteiger charge is -2.13. The number of nitrogens with one attached hydrogen (secondary N) is 1. The zero-order chi connectivity index (χ0) is 21.6. The quantitative estimate of drug-likeness (QED) is 0.439. The molecule has 31 heavy (non-hydrogen) atoms. The second-order valence-electron chi connectivity index (χ2n) is 7.51. The van der Waals surface area contributed by atoms with Crippen molar-refractivity contribution in [2.24, 2.45) is 0 Å². The molecule has 0 atom stereocenters. The summed E-state index contributed by atoms with van der Waals surface area (Å²) in [6.45, 7) is 3.88. The van der Waals surface area contributed by atoms with E-state index in [0.29, 0.717) is 11.2 Å². The second-order valence-corrected chi connectivity index (χ2v) is 9.17.